The highest BCUT2D eigenvalue weighted by atomic mass is 35.5. The van der Waals surface area contributed by atoms with Crippen molar-refractivity contribution in [3.05, 3.63) is 29.5 Å². The van der Waals surface area contributed by atoms with Crippen molar-refractivity contribution in [1.29, 1.82) is 0 Å². The minimum absolute atomic E-state index is 0.677. The Labute approximate surface area is 89.0 Å². The molecule has 1 aromatic heterocycles. The zero-order valence-corrected chi connectivity index (χ0v) is 8.72. The second-order valence-electron chi connectivity index (χ2n) is 3.33. The summed E-state index contributed by atoms with van der Waals surface area (Å²) >= 11 is 5.58. The number of pyridine rings is 1. The molecular formula is C11H13ClN2. The molecule has 1 aliphatic rings. The molecule has 3 heteroatoms. The lowest BCUT2D eigenvalue weighted by Crippen LogP contribution is -1.92. The van der Waals surface area contributed by atoms with Gasteiger partial charge in [0.15, 0.2) is 0 Å². The summed E-state index contributed by atoms with van der Waals surface area (Å²) < 4.78 is 0. The number of nitrogens with one attached hydrogen (secondary N) is 1. The van der Waals surface area contributed by atoms with Crippen LogP contribution in [0.1, 0.15) is 17.5 Å². The van der Waals surface area contributed by atoms with Gasteiger partial charge < -0.3 is 5.32 Å². The Balaban J connectivity index is 2.12. The average Bonchev–Trinajstić information content (AvgIpc) is 2.65. The first-order chi connectivity index (χ1) is 6.90. The van der Waals surface area contributed by atoms with Gasteiger partial charge in [0.1, 0.15) is 5.82 Å². The van der Waals surface area contributed by atoms with E-state index < -0.39 is 0 Å². The van der Waals surface area contributed by atoms with E-state index >= 15 is 0 Å². The molecular weight excluding hydrogens is 196 g/mol. The standard InChI is InChI=1S/C11H13ClN2/c12-5-2-1-3-9-7-10-4-6-13-11(10)14-8-9/h1,3,7-8H,2,4-6H2,(H,13,14). The zero-order chi connectivity index (χ0) is 9.80. The van der Waals surface area contributed by atoms with E-state index in [0.29, 0.717) is 5.88 Å². The van der Waals surface area contributed by atoms with Gasteiger partial charge in [-0.1, -0.05) is 12.2 Å². The smallest absolute Gasteiger partial charge is 0.129 e. The van der Waals surface area contributed by atoms with E-state index in [1.807, 2.05) is 6.20 Å². The fourth-order valence-electron chi connectivity index (χ4n) is 1.57. The van der Waals surface area contributed by atoms with Gasteiger partial charge in [-0.2, -0.15) is 0 Å². The van der Waals surface area contributed by atoms with Crippen LogP contribution in [0.2, 0.25) is 0 Å². The third-order valence-corrected chi connectivity index (χ3v) is 2.48. The summed E-state index contributed by atoms with van der Waals surface area (Å²) in [6.07, 6.45) is 8.05. The normalized spacial score (nSPS) is 14.4. The molecule has 0 aliphatic carbocycles. The fraction of sp³-hybridized carbons (Fsp3) is 0.364. The molecule has 0 saturated heterocycles. The molecule has 2 nitrogen and oxygen atoms in total. The summed E-state index contributed by atoms with van der Waals surface area (Å²) in [5, 5.41) is 3.24. The third kappa shape index (κ3) is 2.07. The molecule has 0 spiro atoms. The lowest BCUT2D eigenvalue weighted by Gasteiger charge is -1.99. The van der Waals surface area contributed by atoms with E-state index in [1.54, 1.807) is 0 Å². The SMILES string of the molecule is ClCCC=Cc1cnc2c(c1)CCN2. The van der Waals surface area contributed by atoms with Gasteiger partial charge in [-0.25, -0.2) is 4.98 Å². The summed E-state index contributed by atoms with van der Waals surface area (Å²) in [6, 6.07) is 2.19. The van der Waals surface area contributed by atoms with E-state index in [4.69, 9.17) is 11.6 Å². The van der Waals surface area contributed by atoms with Crippen LogP contribution in [0.25, 0.3) is 6.08 Å². The number of aromatic nitrogens is 1. The van der Waals surface area contributed by atoms with Crippen molar-refractivity contribution in [1.82, 2.24) is 4.98 Å². The Morgan fingerprint density at radius 3 is 3.36 bits per heavy atom. The number of allylic oxidation sites excluding steroid dienone is 1. The summed E-state index contributed by atoms with van der Waals surface area (Å²) in [4.78, 5) is 4.34. The van der Waals surface area contributed by atoms with E-state index in [-0.39, 0.29) is 0 Å². The number of halogens is 1. The number of nitrogens with zero attached hydrogens (tertiary/aromatic N) is 1. The van der Waals surface area contributed by atoms with Gasteiger partial charge in [0.2, 0.25) is 0 Å². The van der Waals surface area contributed by atoms with E-state index in [0.717, 1.165) is 30.8 Å². The Morgan fingerprint density at radius 2 is 2.50 bits per heavy atom. The molecule has 0 radical (unpaired) electrons. The molecule has 0 aromatic carbocycles. The molecule has 2 rings (SSSR count). The van der Waals surface area contributed by atoms with E-state index in [2.05, 4.69) is 28.5 Å². The number of alkyl halides is 1. The highest BCUT2D eigenvalue weighted by Gasteiger charge is 2.10. The van der Waals surface area contributed by atoms with Crippen molar-refractivity contribution in [3.8, 4) is 0 Å². The van der Waals surface area contributed by atoms with Gasteiger partial charge in [0.05, 0.1) is 0 Å². The highest BCUT2D eigenvalue weighted by molar-refractivity contribution is 6.17. The van der Waals surface area contributed by atoms with Crippen LogP contribution in [0, 0.1) is 0 Å². The zero-order valence-electron chi connectivity index (χ0n) is 7.96. The van der Waals surface area contributed by atoms with Gasteiger partial charge in [-0.05, 0) is 30.0 Å². The Morgan fingerprint density at radius 1 is 1.57 bits per heavy atom. The van der Waals surface area contributed by atoms with Crippen LogP contribution in [0.15, 0.2) is 18.3 Å². The number of hydrogen-bond donors (Lipinski definition) is 1. The second kappa shape index (κ2) is 4.47. The summed E-state index contributed by atoms with van der Waals surface area (Å²) in [6.45, 7) is 1.01. The van der Waals surface area contributed by atoms with Gasteiger partial charge in [-0.15, -0.1) is 11.6 Å². The predicted octanol–water partition coefficient (Wildman–Crippen LogP) is 2.69. The molecule has 14 heavy (non-hydrogen) atoms. The van der Waals surface area contributed by atoms with Gasteiger partial charge >= 0.3 is 0 Å². The molecule has 1 aromatic rings. The van der Waals surface area contributed by atoms with Crippen LogP contribution < -0.4 is 5.32 Å². The van der Waals surface area contributed by atoms with Crippen molar-refractivity contribution < 1.29 is 0 Å². The van der Waals surface area contributed by atoms with Gasteiger partial charge in [0, 0.05) is 18.6 Å². The quantitative estimate of drug-likeness (QED) is 0.773. The molecule has 74 valence electrons. The maximum Gasteiger partial charge on any atom is 0.129 e. The molecule has 0 fully saturated rings. The molecule has 0 saturated carbocycles. The van der Waals surface area contributed by atoms with Crippen LogP contribution in [-0.2, 0) is 6.42 Å². The Bertz CT molecular complexity index is 347. The fourth-order valence-corrected chi connectivity index (χ4v) is 1.69. The molecule has 2 heterocycles. The molecule has 1 N–H and O–H groups in total. The second-order valence-corrected chi connectivity index (χ2v) is 3.71. The van der Waals surface area contributed by atoms with Crippen molar-refractivity contribution in [2.75, 3.05) is 17.7 Å². The molecule has 0 atom stereocenters. The van der Waals surface area contributed by atoms with E-state index in [9.17, 15) is 0 Å². The average molecular weight is 209 g/mol. The molecule has 1 aliphatic heterocycles. The number of rotatable bonds is 3. The minimum Gasteiger partial charge on any atom is -0.370 e. The van der Waals surface area contributed by atoms with Crippen molar-refractivity contribution in [2.24, 2.45) is 0 Å². The summed E-state index contributed by atoms with van der Waals surface area (Å²) in [7, 11) is 0. The topological polar surface area (TPSA) is 24.9 Å². The highest BCUT2D eigenvalue weighted by Crippen LogP contribution is 2.20. The molecule has 0 amide bonds. The number of anilines is 1. The number of hydrogen-bond acceptors (Lipinski definition) is 2. The first kappa shape index (κ1) is 9.53. The van der Waals surface area contributed by atoms with Gasteiger partial charge in [0.25, 0.3) is 0 Å². The summed E-state index contributed by atoms with van der Waals surface area (Å²) in [5.74, 6) is 1.72. The molecule has 0 unspecified atom stereocenters. The van der Waals surface area contributed by atoms with Crippen molar-refractivity contribution >= 4 is 23.5 Å². The van der Waals surface area contributed by atoms with Crippen molar-refractivity contribution in [3.63, 3.8) is 0 Å². The van der Waals surface area contributed by atoms with Crippen LogP contribution in [-0.4, -0.2) is 17.4 Å². The summed E-state index contributed by atoms with van der Waals surface area (Å²) in [5.41, 5.74) is 2.48. The molecule has 0 bridgehead atoms. The largest absolute Gasteiger partial charge is 0.370 e. The van der Waals surface area contributed by atoms with Crippen LogP contribution in [0.4, 0.5) is 5.82 Å². The third-order valence-electron chi connectivity index (χ3n) is 2.26. The van der Waals surface area contributed by atoms with Crippen molar-refractivity contribution in [2.45, 2.75) is 12.8 Å². The maximum absolute atomic E-state index is 5.58. The van der Waals surface area contributed by atoms with Crippen LogP contribution in [0.5, 0.6) is 0 Å². The monoisotopic (exact) mass is 208 g/mol. The minimum atomic E-state index is 0.677. The lowest BCUT2D eigenvalue weighted by molar-refractivity contribution is 1.11. The van der Waals surface area contributed by atoms with Crippen LogP contribution in [0.3, 0.4) is 0 Å². The van der Waals surface area contributed by atoms with Gasteiger partial charge in [-0.3, -0.25) is 0 Å². The first-order valence-electron chi connectivity index (χ1n) is 4.85. The Hall–Kier alpha value is -1.02. The lowest BCUT2D eigenvalue weighted by atomic mass is 10.1. The van der Waals surface area contributed by atoms with E-state index in [1.165, 1.54) is 5.56 Å². The predicted molar refractivity (Wildman–Crippen MR) is 60.8 cm³/mol. The first-order valence-corrected chi connectivity index (χ1v) is 5.39. The Kier molecular flexibility index (Phi) is 3.04. The number of fused-ring (bicyclic) bond motifs is 1. The van der Waals surface area contributed by atoms with Crippen LogP contribution >= 0.6 is 11.6 Å². The maximum atomic E-state index is 5.58.